The highest BCUT2D eigenvalue weighted by Crippen LogP contribution is 2.37. The van der Waals surface area contributed by atoms with E-state index in [0.29, 0.717) is 6.04 Å². The molecule has 1 unspecified atom stereocenters. The standard InChI is InChI=1S/C16H27N3/c1-12(14-8-9-14)10-17-16-18-13(2)11-19(16)15-6-4-3-5-7-15/h11-12,14-15H,3-10H2,1-2H3,(H,17,18). The molecule has 106 valence electrons. The Morgan fingerprint density at radius 2 is 2.00 bits per heavy atom. The van der Waals surface area contributed by atoms with E-state index in [9.17, 15) is 0 Å². The van der Waals surface area contributed by atoms with Gasteiger partial charge in [0.15, 0.2) is 0 Å². The summed E-state index contributed by atoms with van der Waals surface area (Å²) >= 11 is 0. The van der Waals surface area contributed by atoms with Crippen molar-refractivity contribution < 1.29 is 0 Å². The van der Waals surface area contributed by atoms with E-state index in [1.54, 1.807) is 0 Å². The summed E-state index contributed by atoms with van der Waals surface area (Å²) in [6.45, 7) is 5.55. The molecular formula is C16H27N3. The third-order valence-corrected chi connectivity index (χ3v) is 4.83. The van der Waals surface area contributed by atoms with Crippen LogP contribution in [-0.2, 0) is 0 Å². The van der Waals surface area contributed by atoms with Crippen LogP contribution in [-0.4, -0.2) is 16.1 Å². The Kier molecular flexibility index (Phi) is 3.81. The van der Waals surface area contributed by atoms with Gasteiger partial charge in [0.25, 0.3) is 0 Å². The number of hydrogen-bond donors (Lipinski definition) is 1. The highest BCUT2D eigenvalue weighted by molar-refractivity contribution is 5.30. The second-order valence-corrected chi connectivity index (χ2v) is 6.60. The topological polar surface area (TPSA) is 29.9 Å². The lowest BCUT2D eigenvalue weighted by atomic mass is 9.95. The molecule has 0 aliphatic heterocycles. The third kappa shape index (κ3) is 3.13. The molecule has 3 nitrogen and oxygen atoms in total. The molecule has 1 aromatic rings. The maximum Gasteiger partial charge on any atom is 0.203 e. The van der Waals surface area contributed by atoms with Crippen LogP contribution < -0.4 is 5.32 Å². The Balaban J connectivity index is 1.65. The average molecular weight is 261 g/mol. The molecule has 0 radical (unpaired) electrons. The summed E-state index contributed by atoms with van der Waals surface area (Å²) < 4.78 is 2.41. The number of hydrogen-bond acceptors (Lipinski definition) is 2. The quantitative estimate of drug-likeness (QED) is 0.862. The van der Waals surface area contributed by atoms with Gasteiger partial charge in [-0.2, -0.15) is 0 Å². The van der Waals surface area contributed by atoms with Gasteiger partial charge in [-0.1, -0.05) is 26.2 Å². The fourth-order valence-electron chi connectivity index (χ4n) is 3.37. The molecule has 1 heterocycles. The van der Waals surface area contributed by atoms with E-state index in [4.69, 9.17) is 0 Å². The summed E-state index contributed by atoms with van der Waals surface area (Å²) in [6, 6.07) is 0.675. The lowest BCUT2D eigenvalue weighted by Crippen LogP contribution is -2.19. The van der Waals surface area contributed by atoms with Gasteiger partial charge in [-0.25, -0.2) is 4.98 Å². The second kappa shape index (κ2) is 5.56. The molecule has 2 saturated carbocycles. The van der Waals surface area contributed by atoms with Gasteiger partial charge in [0.1, 0.15) is 0 Å². The first-order valence-electron chi connectivity index (χ1n) is 8.03. The van der Waals surface area contributed by atoms with Gasteiger partial charge < -0.3 is 9.88 Å². The number of rotatable bonds is 5. The molecule has 0 bridgehead atoms. The highest BCUT2D eigenvalue weighted by atomic mass is 15.2. The van der Waals surface area contributed by atoms with E-state index in [1.807, 2.05) is 0 Å². The van der Waals surface area contributed by atoms with Crippen LogP contribution in [0.15, 0.2) is 6.20 Å². The minimum atomic E-state index is 0.675. The van der Waals surface area contributed by atoms with Gasteiger partial charge in [-0.3, -0.25) is 0 Å². The fraction of sp³-hybridized carbons (Fsp3) is 0.812. The van der Waals surface area contributed by atoms with Crippen LogP contribution in [0.1, 0.15) is 63.6 Å². The molecule has 2 aliphatic rings. The molecule has 3 heteroatoms. The monoisotopic (exact) mass is 261 g/mol. The number of nitrogens with one attached hydrogen (secondary N) is 1. The number of nitrogens with zero attached hydrogens (tertiary/aromatic N) is 2. The van der Waals surface area contributed by atoms with Gasteiger partial charge in [0.2, 0.25) is 5.95 Å². The molecule has 2 aliphatic carbocycles. The molecule has 3 rings (SSSR count). The predicted octanol–water partition coefficient (Wildman–Crippen LogP) is 4.15. The first kappa shape index (κ1) is 13.0. The van der Waals surface area contributed by atoms with Crippen molar-refractivity contribution in [1.82, 2.24) is 9.55 Å². The van der Waals surface area contributed by atoms with Crippen molar-refractivity contribution in [3.8, 4) is 0 Å². The molecule has 0 amide bonds. The van der Waals surface area contributed by atoms with Crippen molar-refractivity contribution in [2.24, 2.45) is 11.8 Å². The van der Waals surface area contributed by atoms with Crippen LogP contribution >= 0.6 is 0 Å². The summed E-state index contributed by atoms with van der Waals surface area (Å²) in [5, 5.41) is 3.60. The van der Waals surface area contributed by atoms with Crippen LogP contribution in [0.25, 0.3) is 0 Å². The van der Waals surface area contributed by atoms with Gasteiger partial charge >= 0.3 is 0 Å². The van der Waals surface area contributed by atoms with E-state index >= 15 is 0 Å². The third-order valence-electron chi connectivity index (χ3n) is 4.83. The summed E-state index contributed by atoms with van der Waals surface area (Å²) in [4.78, 5) is 4.69. The molecular weight excluding hydrogens is 234 g/mol. The van der Waals surface area contributed by atoms with Crippen molar-refractivity contribution in [2.75, 3.05) is 11.9 Å². The minimum Gasteiger partial charge on any atom is -0.355 e. The molecule has 0 saturated heterocycles. The van der Waals surface area contributed by atoms with Crippen LogP contribution in [0, 0.1) is 18.8 Å². The summed E-state index contributed by atoms with van der Waals surface area (Å²) in [5.41, 5.74) is 1.15. The molecule has 0 spiro atoms. The smallest absolute Gasteiger partial charge is 0.203 e. The lowest BCUT2D eigenvalue weighted by Gasteiger charge is -2.25. The predicted molar refractivity (Wildman–Crippen MR) is 79.5 cm³/mol. The van der Waals surface area contributed by atoms with E-state index in [-0.39, 0.29) is 0 Å². The van der Waals surface area contributed by atoms with Crippen molar-refractivity contribution in [3.63, 3.8) is 0 Å². The Morgan fingerprint density at radius 1 is 1.26 bits per heavy atom. The van der Waals surface area contributed by atoms with Gasteiger partial charge in [0, 0.05) is 18.8 Å². The zero-order valence-corrected chi connectivity index (χ0v) is 12.4. The van der Waals surface area contributed by atoms with E-state index < -0.39 is 0 Å². The van der Waals surface area contributed by atoms with E-state index in [2.05, 4.69) is 34.9 Å². The van der Waals surface area contributed by atoms with Crippen LogP contribution in [0.5, 0.6) is 0 Å². The largest absolute Gasteiger partial charge is 0.355 e. The van der Waals surface area contributed by atoms with Crippen LogP contribution in [0.4, 0.5) is 5.95 Å². The second-order valence-electron chi connectivity index (χ2n) is 6.60. The molecule has 19 heavy (non-hydrogen) atoms. The summed E-state index contributed by atoms with van der Waals surface area (Å²) in [6.07, 6.45) is 11.9. The van der Waals surface area contributed by atoms with E-state index in [0.717, 1.165) is 30.0 Å². The zero-order valence-electron chi connectivity index (χ0n) is 12.4. The SMILES string of the molecule is Cc1cn(C2CCCCC2)c(NCC(C)C2CC2)n1. The van der Waals surface area contributed by atoms with Crippen LogP contribution in [0.2, 0.25) is 0 Å². The maximum absolute atomic E-state index is 4.69. The Bertz CT molecular complexity index is 414. The molecule has 1 atom stereocenters. The normalized spacial score (nSPS) is 22.4. The number of anilines is 1. The zero-order chi connectivity index (χ0) is 13.2. The summed E-state index contributed by atoms with van der Waals surface area (Å²) in [5.74, 6) is 2.86. The molecule has 1 N–H and O–H groups in total. The fourth-order valence-corrected chi connectivity index (χ4v) is 3.37. The summed E-state index contributed by atoms with van der Waals surface area (Å²) in [7, 11) is 0. The van der Waals surface area contributed by atoms with E-state index in [1.165, 1.54) is 44.9 Å². The van der Waals surface area contributed by atoms with Crippen molar-refractivity contribution in [1.29, 1.82) is 0 Å². The lowest BCUT2D eigenvalue weighted by molar-refractivity contribution is 0.355. The Labute approximate surface area is 116 Å². The van der Waals surface area contributed by atoms with Crippen molar-refractivity contribution in [3.05, 3.63) is 11.9 Å². The molecule has 2 fully saturated rings. The first-order chi connectivity index (χ1) is 9.24. The van der Waals surface area contributed by atoms with Crippen molar-refractivity contribution >= 4 is 5.95 Å². The minimum absolute atomic E-state index is 0.675. The van der Waals surface area contributed by atoms with Crippen molar-refractivity contribution in [2.45, 2.75) is 64.8 Å². The average Bonchev–Trinajstić information content (AvgIpc) is 3.21. The maximum atomic E-state index is 4.69. The Hall–Kier alpha value is -0.990. The van der Waals surface area contributed by atoms with Crippen LogP contribution in [0.3, 0.4) is 0 Å². The molecule has 0 aromatic carbocycles. The highest BCUT2D eigenvalue weighted by Gasteiger charge is 2.28. The first-order valence-corrected chi connectivity index (χ1v) is 8.03. The number of aryl methyl sites for hydroxylation is 1. The Morgan fingerprint density at radius 3 is 2.68 bits per heavy atom. The molecule has 1 aromatic heterocycles. The van der Waals surface area contributed by atoms with Gasteiger partial charge in [-0.05, 0) is 44.4 Å². The van der Waals surface area contributed by atoms with Gasteiger partial charge in [0.05, 0.1) is 5.69 Å². The number of aromatic nitrogens is 2. The van der Waals surface area contributed by atoms with Gasteiger partial charge in [-0.15, -0.1) is 0 Å². The number of imidazole rings is 1.